The molecule has 1 aromatic heterocycles. The first kappa shape index (κ1) is 31.1. The van der Waals surface area contributed by atoms with Gasteiger partial charge in [0.2, 0.25) is 5.91 Å². The number of hydrogen-bond donors (Lipinski definition) is 3. The zero-order valence-corrected chi connectivity index (χ0v) is 24.7. The second-order valence-corrected chi connectivity index (χ2v) is 11.5. The zero-order chi connectivity index (χ0) is 30.2. The van der Waals surface area contributed by atoms with Crippen LogP contribution in [0.5, 0.6) is 5.75 Å². The maximum atomic E-state index is 13.5. The standard InChI is InChI=1S/C32H41F2N5O4/c1-42-27-4-5-30-29(20-27)28(23(21-36-30)22-39-13-15-43-16-14-39)3-2-6-32(31(40)37-41)7-10-38(11-8-32)12-9-35-26-18-24(33)17-25(34)19-26/h4-5,17-21,35,41H,2-3,6-16,22H2,1H3,(H,37,40). The molecule has 3 N–H and O–H groups in total. The number of piperidine rings is 1. The lowest BCUT2D eigenvalue weighted by Gasteiger charge is -2.40. The number of methoxy groups -OCH3 is 1. The van der Waals surface area contributed by atoms with Crippen molar-refractivity contribution in [1.29, 1.82) is 0 Å². The highest BCUT2D eigenvalue weighted by Gasteiger charge is 2.40. The molecule has 11 heteroatoms. The summed E-state index contributed by atoms with van der Waals surface area (Å²) in [7, 11) is 1.66. The van der Waals surface area contributed by atoms with E-state index in [2.05, 4.69) is 15.1 Å². The van der Waals surface area contributed by atoms with Gasteiger partial charge in [-0.3, -0.25) is 19.9 Å². The van der Waals surface area contributed by atoms with E-state index in [1.165, 1.54) is 23.3 Å². The molecule has 232 valence electrons. The summed E-state index contributed by atoms with van der Waals surface area (Å²) in [5.74, 6) is -0.797. The molecule has 2 aromatic carbocycles. The predicted octanol–water partition coefficient (Wildman–Crippen LogP) is 4.38. The van der Waals surface area contributed by atoms with Crippen molar-refractivity contribution in [3.8, 4) is 5.75 Å². The number of halogens is 2. The van der Waals surface area contributed by atoms with Gasteiger partial charge in [0.05, 0.1) is 31.3 Å². The molecule has 0 atom stereocenters. The smallest absolute Gasteiger partial charge is 0.249 e. The molecule has 2 saturated heterocycles. The summed E-state index contributed by atoms with van der Waals surface area (Å²) in [6, 6.07) is 9.32. The summed E-state index contributed by atoms with van der Waals surface area (Å²) in [6.45, 7) is 6.54. The number of carbonyl (C=O) groups is 1. The molecular weight excluding hydrogens is 556 g/mol. The molecule has 0 aliphatic carbocycles. The Morgan fingerprint density at radius 2 is 1.81 bits per heavy atom. The monoisotopic (exact) mass is 597 g/mol. The first-order valence-corrected chi connectivity index (χ1v) is 15.0. The Balaban J connectivity index is 1.24. The van der Waals surface area contributed by atoms with Crippen LogP contribution in [0.15, 0.2) is 42.6 Å². The van der Waals surface area contributed by atoms with Crippen LogP contribution < -0.4 is 15.5 Å². The van der Waals surface area contributed by atoms with Crippen molar-refractivity contribution in [2.45, 2.75) is 38.6 Å². The zero-order valence-electron chi connectivity index (χ0n) is 24.7. The first-order chi connectivity index (χ1) is 20.9. The van der Waals surface area contributed by atoms with Crippen molar-refractivity contribution in [3.63, 3.8) is 0 Å². The summed E-state index contributed by atoms with van der Waals surface area (Å²) >= 11 is 0. The number of nitrogens with one attached hydrogen (secondary N) is 2. The first-order valence-electron chi connectivity index (χ1n) is 15.0. The molecule has 3 heterocycles. The number of rotatable bonds is 12. The number of benzene rings is 2. The second-order valence-electron chi connectivity index (χ2n) is 11.5. The minimum absolute atomic E-state index is 0.338. The van der Waals surface area contributed by atoms with Crippen LogP contribution in [-0.2, 0) is 22.5 Å². The Morgan fingerprint density at radius 1 is 1.07 bits per heavy atom. The lowest BCUT2D eigenvalue weighted by atomic mass is 9.73. The highest BCUT2D eigenvalue weighted by Crippen LogP contribution is 2.38. The Hall–Kier alpha value is -3.38. The number of nitrogens with zero attached hydrogens (tertiary/aromatic N) is 3. The molecule has 5 rings (SSSR count). The van der Waals surface area contributed by atoms with Crippen molar-refractivity contribution >= 4 is 22.5 Å². The van der Waals surface area contributed by atoms with Crippen LogP contribution in [0.4, 0.5) is 14.5 Å². The second kappa shape index (κ2) is 14.4. The fourth-order valence-corrected chi connectivity index (χ4v) is 6.36. The number of anilines is 1. The van der Waals surface area contributed by atoms with E-state index >= 15 is 0 Å². The highest BCUT2D eigenvalue weighted by atomic mass is 19.1. The van der Waals surface area contributed by atoms with Crippen LogP contribution in [0.1, 0.15) is 36.8 Å². The molecule has 9 nitrogen and oxygen atoms in total. The van der Waals surface area contributed by atoms with Crippen molar-refractivity contribution in [2.75, 3.05) is 64.9 Å². The molecule has 2 aliphatic heterocycles. The SMILES string of the molecule is COc1ccc2ncc(CN3CCOCC3)c(CCCC3(C(=O)NO)CCN(CCNc4cc(F)cc(F)c4)CC3)c2c1. The van der Waals surface area contributed by atoms with E-state index in [1.54, 1.807) is 7.11 Å². The molecule has 0 spiro atoms. The van der Waals surface area contributed by atoms with Gasteiger partial charge in [-0.25, -0.2) is 14.3 Å². The quantitative estimate of drug-likeness (QED) is 0.209. The van der Waals surface area contributed by atoms with Crippen LogP contribution in [0.2, 0.25) is 0 Å². The fourth-order valence-electron chi connectivity index (χ4n) is 6.36. The number of aromatic nitrogens is 1. The van der Waals surface area contributed by atoms with Gasteiger partial charge in [-0.1, -0.05) is 0 Å². The maximum absolute atomic E-state index is 13.5. The van der Waals surface area contributed by atoms with E-state index < -0.39 is 17.0 Å². The summed E-state index contributed by atoms with van der Waals surface area (Å²) in [4.78, 5) is 22.4. The van der Waals surface area contributed by atoms with Gasteiger partial charge in [0.15, 0.2) is 0 Å². The van der Waals surface area contributed by atoms with Crippen molar-refractivity contribution in [2.24, 2.45) is 5.41 Å². The molecule has 0 radical (unpaired) electrons. The van der Waals surface area contributed by atoms with E-state index in [-0.39, 0.29) is 5.91 Å². The topological polar surface area (TPSA) is 99.2 Å². The number of amides is 1. The summed E-state index contributed by atoms with van der Waals surface area (Å²) in [6.07, 6.45) is 5.37. The van der Waals surface area contributed by atoms with Crippen LogP contribution in [0.3, 0.4) is 0 Å². The third kappa shape index (κ3) is 7.77. The number of fused-ring (bicyclic) bond motifs is 1. The van der Waals surface area contributed by atoms with Gasteiger partial charge in [0.1, 0.15) is 17.4 Å². The van der Waals surface area contributed by atoms with Crippen LogP contribution in [0, 0.1) is 17.0 Å². The van der Waals surface area contributed by atoms with E-state index in [4.69, 9.17) is 14.5 Å². The fraction of sp³-hybridized carbons (Fsp3) is 0.500. The van der Waals surface area contributed by atoms with Crippen LogP contribution >= 0.6 is 0 Å². The number of morpholine rings is 1. The van der Waals surface area contributed by atoms with Gasteiger partial charge in [0.25, 0.3) is 0 Å². The number of likely N-dealkylation sites (tertiary alicyclic amines) is 1. The summed E-state index contributed by atoms with van der Waals surface area (Å²) < 4.78 is 38.0. The number of hydroxylamine groups is 1. The Morgan fingerprint density at radius 3 is 2.51 bits per heavy atom. The minimum Gasteiger partial charge on any atom is -0.497 e. The lowest BCUT2D eigenvalue weighted by Crippen LogP contribution is -2.49. The lowest BCUT2D eigenvalue weighted by molar-refractivity contribution is -0.143. The minimum atomic E-state index is -0.671. The predicted molar refractivity (Wildman–Crippen MR) is 160 cm³/mol. The summed E-state index contributed by atoms with van der Waals surface area (Å²) in [5, 5.41) is 13.8. The van der Waals surface area contributed by atoms with Gasteiger partial charge in [-0.2, -0.15) is 0 Å². The van der Waals surface area contributed by atoms with Crippen molar-refractivity contribution < 1.29 is 28.3 Å². The van der Waals surface area contributed by atoms with E-state index in [0.717, 1.165) is 68.4 Å². The van der Waals surface area contributed by atoms with Gasteiger partial charge < -0.3 is 19.7 Å². The number of ether oxygens (including phenoxy) is 2. The van der Waals surface area contributed by atoms with E-state index in [9.17, 15) is 18.8 Å². The van der Waals surface area contributed by atoms with Crippen molar-refractivity contribution in [1.82, 2.24) is 20.3 Å². The maximum Gasteiger partial charge on any atom is 0.249 e. The van der Waals surface area contributed by atoms with Gasteiger partial charge in [-0.15, -0.1) is 0 Å². The molecule has 1 amide bonds. The third-order valence-corrected chi connectivity index (χ3v) is 8.87. The molecule has 2 aliphatic rings. The Bertz CT molecular complexity index is 1370. The normalized spacial score (nSPS) is 17.6. The van der Waals surface area contributed by atoms with Gasteiger partial charge >= 0.3 is 0 Å². The molecule has 0 bridgehead atoms. The highest BCUT2D eigenvalue weighted by molar-refractivity contribution is 5.85. The number of carbonyl (C=O) groups excluding carboxylic acids is 1. The van der Waals surface area contributed by atoms with E-state index in [1.807, 2.05) is 29.9 Å². The van der Waals surface area contributed by atoms with Crippen molar-refractivity contribution in [3.05, 3.63) is 65.4 Å². The Kier molecular flexibility index (Phi) is 10.4. The number of hydrogen-bond acceptors (Lipinski definition) is 8. The molecule has 0 unspecified atom stereocenters. The summed E-state index contributed by atoms with van der Waals surface area (Å²) in [5.41, 5.74) is 4.96. The largest absolute Gasteiger partial charge is 0.497 e. The van der Waals surface area contributed by atoms with E-state index in [0.29, 0.717) is 51.1 Å². The van der Waals surface area contributed by atoms with Gasteiger partial charge in [-0.05, 0) is 86.7 Å². The molecule has 0 saturated carbocycles. The van der Waals surface area contributed by atoms with Crippen LogP contribution in [-0.4, -0.2) is 85.5 Å². The number of pyridine rings is 1. The Labute approximate surface area is 251 Å². The van der Waals surface area contributed by atoms with Gasteiger partial charge in [0, 0.05) is 56.1 Å². The van der Waals surface area contributed by atoms with Crippen LogP contribution in [0.25, 0.3) is 10.9 Å². The molecule has 43 heavy (non-hydrogen) atoms. The molecular formula is C32H41F2N5O4. The molecule has 2 fully saturated rings. The average molecular weight is 598 g/mol. The third-order valence-electron chi connectivity index (χ3n) is 8.87. The average Bonchev–Trinajstić information content (AvgIpc) is 3.02. The number of aryl methyl sites for hydroxylation is 1. The molecule has 3 aromatic rings.